The highest BCUT2D eigenvalue weighted by molar-refractivity contribution is 5.75. The Hall–Kier alpha value is -4.72. The minimum Gasteiger partial charge on any atom is -0.494 e. The van der Waals surface area contributed by atoms with E-state index in [0.29, 0.717) is 52.1 Å². The molecular weight excluding hydrogens is 592 g/mol. The molecule has 0 fully saturated rings. The van der Waals surface area contributed by atoms with Crippen molar-refractivity contribution in [3.63, 3.8) is 0 Å². The van der Waals surface area contributed by atoms with Crippen LogP contribution < -0.4 is 9.47 Å². The van der Waals surface area contributed by atoms with Gasteiger partial charge in [0.25, 0.3) is 0 Å². The maximum atomic E-state index is 12.1. The van der Waals surface area contributed by atoms with Crippen LogP contribution in [-0.2, 0) is 31.9 Å². The maximum absolute atomic E-state index is 12.1. The van der Waals surface area contributed by atoms with Crippen molar-refractivity contribution in [2.45, 2.75) is 71.6 Å². The summed E-state index contributed by atoms with van der Waals surface area (Å²) in [4.78, 5) is 32.2. The molecule has 0 aliphatic heterocycles. The van der Waals surface area contributed by atoms with Crippen LogP contribution in [0, 0.1) is 0 Å². The van der Waals surface area contributed by atoms with E-state index >= 15 is 0 Å². The number of pyridine rings is 2. The SMILES string of the molecule is CCOC(=O)CCCOc1cccc(CCCCCCOc2cc(-c3ccncc3)cc(-c3ccncc3)c2)c1CCC(=O)OCC. The molecule has 0 aliphatic rings. The Morgan fingerprint density at radius 1 is 0.596 bits per heavy atom. The summed E-state index contributed by atoms with van der Waals surface area (Å²) in [6.45, 7) is 5.40. The Bertz CT molecular complexity index is 1470. The Kier molecular flexibility index (Phi) is 14.7. The summed E-state index contributed by atoms with van der Waals surface area (Å²) >= 11 is 0. The first-order valence-electron chi connectivity index (χ1n) is 16.7. The van der Waals surface area contributed by atoms with Gasteiger partial charge < -0.3 is 18.9 Å². The van der Waals surface area contributed by atoms with Gasteiger partial charge in [0.1, 0.15) is 11.5 Å². The molecule has 0 amide bonds. The number of hydrogen-bond acceptors (Lipinski definition) is 8. The number of ether oxygens (including phenoxy) is 4. The van der Waals surface area contributed by atoms with E-state index in [0.717, 1.165) is 71.4 Å². The van der Waals surface area contributed by atoms with E-state index in [4.69, 9.17) is 18.9 Å². The highest BCUT2D eigenvalue weighted by Crippen LogP contribution is 2.31. The standard InChI is InChI=1S/C39H46N2O6/c1-3-44-38(42)14-10-26-47-37-13-9-12-32(36(37)15-16-39(43)45-4-2)11-7-5-6-8-25-46-35-28-33(30-17-21-40-22-18-30)27-34(29-35)31-19-23-41-24-20-31/h9,12-13,17-24,27-29H,3-8,10-11,14-16,25-26H2,1-2H3. The van der Waals surface area contributed by atoms with Crippen LogP contribution in [0.5, 0.6) is 11.5 Å². The number of esters is 2. The van der Waals surface area contributed by atoms with E-state index in [1.54, 1.807) is 31.7 Å². The predicted octanol–water partition coefficient (Wildman–Crippen LogP) is 8.21. The molecule has 0 saturated carbocycles. The Morgan fingerprint density at radius 3 is 1.83 bits per heavy atom. The fourth-order valence-corrected chi connectivity index (χ4v) is 5.42. The molecular formula is C39H46N2O6. The highest BCUT2D eigenvalue weighted by Gasteiger charge is 2.13. The number of hydrogen-bond donors (Lipinski definition) is 0. The lowest BCUT2D eigenvalue weighted by Crippen LogP contribution is -2.10. The van der Waals surface area contributed by atoms with Crippen LogP contribution in [-0.4, -0.2) is 48.3 Å². The number of rotatable bonds is 20. The summed E-state index contributed by atoms with van der Waals surface area (Å²) in [7, 11) is 0. The molecule has 8 heteroatoms. The second kappa shape index (κ2) is 19.7. The van der Waals surface area contributed by atoms with Gasteiger partial charge >= 0.3 is 11.9 Å². The van der Waals surface area contributed by atoms with Crippen LogP contribution in [0.4, 0.5) is 0 Å². The summed E-state index contributed by atoms with van der Waals surface area (Å²) in [6.07, 6.45) is 13.9. The van der Waals surface area contributed by atoms with Gasteiger partial charge in [-0.2, -0.15) is 0 Å². The van der Waals surface area contributed by atoms with Crippen LogP contribution in [0.15, 0.2) is 85.5 Å². The normalized spacial score (nSPS) is 10.8. The fourth-order valence-electron chi connectivity index (χ4n) is 5.42. The van der Waals surface area contributed by atoms with Gasteiger partial charge in [-0.1, -0.05) is 25.0 Å². The molecule has 0 saturated heterocycles. The van der Waals surface area contributed by atoms with Crippen molar-refractivity contribution in [3.8, 4) is 33.8 Å². The van der Waals surface area contributed by atoms with E-state index in [1.807, 2.05) is 43.3 Å². The molecule has 0 spiro atoms. The molecule has 248 valence electrons. The zero-order valence-electron chi connectivity index (χ0n) is 27.6. The predicted molar refractivity (Wildman–Crippen MR) is 183 cm³/mol. The van der Waals surface area contributed by atoms with Crippen molar-refractivity contribution in [1.82, 2.24) is 9.97 Å². The van der Waals surface area contributed by atoms with Crippen LogP contribution >= 0.6 is 0 Å². The molecule has 0 bridgehead atoms. The Balaban J connectivity index is 1.29. The molecule has 0 atom stereocenters. The number of carbonyl (C=O) groups is 2. The zero-order valence-corrected chi connectivity index (χ0v) is 27.6. The fraction of sp³-hybridized carbons (Fsp3) is 0.385. The summed E-state index contributed by atoms with van der Waals surface area (Å²) in [5, 5.41) is 0. The number of nitrogens with zero attached hydrogens (tertiary/aromatic N) is 2. The maximum Gasteiger partial charge on any atom is 0.306 e. The molecule has 0 unspecified atom stereocenters. The van der Waals surface area contributed by atoms with Gasteiger partial charge in [-0.15, -0.1) is 0 Å². The van der Waals surface area contributed by atoms with E-state index < -0.39 is 0 Å². The lowest BCUT2D eigenvalue weighted by Gasteiger charge is -2.16. The summed E-state index contributed by atoms with van der Waals surface area (Å²) in [6, 6.07) is 20.4. The number of aryl methyl sites for hydroxylation is 1. The Morgan fingerprint density at radius 2 is 1.19 bits per heavy atom. The smallest absolute Gasteiger partial charge is 0.306 e. The van der Waals surface area contributed by atoms with Gasteiger partial charge in [0.2, 0.25) is 0 Å². The molecule has 2 heterocycles. The molecule has 4 aromatic rings. The summed E-state index contributed by atoms with van der Waals surface area (Å²) < 4.78 is 22.5. The minimum absolute atomic E-state index is 0.213. The molecule has 4 rings (SSSR count). The first kappa shape index (κ1) is 35.1. The van der Waals surface area contributed by atoms with E-state index in [2.05, 4.69) is 34.2 Å². The first-order valence-corrected chi connectivity index (χ1v) is 16.7. The van der Waals surface area contributed by atoms with Crippen LogP contribution in [0.1, 0.15) is 69.9 Å². The van der Waals surface area contributed by atoms with Crippen molar-refractivity contribution in [2.24, 2.45) is 0 Å². The third-order valence-electron chi connectivity index (χ3n) is 7.75. The molecule has 0 aliphatic carbocycles. The number of benzene rings is 2. The summed E-state index contributed by atoms with van der Waals surface area (Å²) in [5.41, 5.74) is 6.58. The van der Waals surface area contributed by atoms with Crippen molar-refractivity contribution in [2.75, 3.05) is 26.4 Å². The van der Waals surface area contributed by atoms with E-state index in [9.17, 15) is 9.59 Å². The zero-order chi connectivity index (χ0) is 33.1. The third-order valence-corrected chi connectivity index (χ3v) is 7.75. The lowest BCUT2D eigenvalue weighted by atomic mass is 9.96. The molecule has 0 N–H and O–H groups in total. The van der Waals surface area contributed by atoms with Gasteiger partial charge in [-0.3, -0.25) is 19.6 Å². The number of unbranched alkanes of at least 4 members (excludes halogenated alkanes) is 3. The topological polar surface area (TPSA) is 96.8 Å². The van der Waals surface area contributed by atoms with Crippen LogP contribution in [0.2, 0.25) is 0 Å². The molecule has 2 aromatic heterocycles. The quantitative estimate of drug-likeness (QED) is 0.0706. The monoisotopic (exact) mass is 638 g/mol. The van der Waals surface area contributed by atoms with Gasteiger partial charge in [0, 0.05) is 37.6 Å². The van der Waals surface area contributed by atoms with Crippen molar-refractivity contribution >= 4 is 11.9 Å². The van der Waals surface area contributed by atoms with E-state index in [1.165, 1.54) is 5.56 Å². The number of carbonyl (C=O) groups excluding carboxylic acids is 2. The van der Waals surface area contributed by atoms with Crippen molar-refractivity contribution in [1.29, 1.82) is 0 Å². The first-order chi connectivity index (χ1) is 23.1. The van der Waals surface area contributed by atoms with Crippen LogP contribution in [0.25, 0.3) is 22.3 Å². The average Bonchev–Trinajstić information content (AvgIpc) is 3.10. The van der Waals surface area contributed by atoms with Gasteiger partial charge in [-0.25, -0.2) is 0 Å². The van der Waals surface area contributed by atoms with Crippen LogP contribution in [0.3, 0.4) is 0 Å². The van der Waals surface area contributed by atoms with Crippen molar-refractivity contribution < 1.29 is 28.5 Å². The lowest BCUT2D eigenvalue weighted by molar-refractivity contribution is -0.144. The molecule has 2 aromatic carbocycles. The second-order valence-electron chi connectivity index (χ2n) is 11.2. The minimum atomic E-state index is -0.217. The molecule has 8 nitrogen and oxygen atoms in total. The average molecular weight is 639 g/mol. The Labute approximate surface area is 278 Å². The molecule has 0 radical (unpaired) electrons. The van der Waals surface area contributed by atoms with Gasteiger partial charge in [0.05, 0.1) is 26.4 Å². The van der Waals surface area contributed by atoms with E-state index in [-0.39, 0.29) is 11.9 Å². The van der Waals surface area contributed by atoms with Crippen molar-refractivity contribution in [3.05, 3.63) is 96.6 Å². The third kappa shape index (κ3) is 11.9. The largest absolute Gasteiger partial charge is 0.494 e. The van der Waals surface area contributed by atoms with Gasteiger partial charge in [-0.05, 0) is 128 Å². The van der Waals surface area contributed by atoms with Gasteiger partial charge in [0.15, 0.2) is 0 Å². The second-order valence-corrected chi connectivity index (χ2v) is 11.2. The highest BCUT2D eigenvalue weighted by atomic mass is 16.5. The molecule has 47 heavy (non-hydrogen) atoms. The number of aromatic nitrogens is 2. The summed E-state index contributed by atoms with van der Waals surface area (Å²) in [5.74, 6) is 1.18.